The lowest BCUT2D eigenvalue weighted by atomic mass is 10.0. The first-order valence-electron chi connectivity index (χ1n) is 8.35. The lowest BCUT2D eigenvalue weighted by Crippen LogP contribution is -2.35. The molecule has 3 heterocycles. The molecule has 0 aliphatic carbocycles. The quantitative estimate of drug-likeness (QED) is 0.849. The van der Waals surface area contributed by atoms with Crippen molar-refractivity contribution in [2.45, 2.75) is 52.1 Å². The fourth-order valence-corrected chi connectivity index (χ4v) is 3.22. The van der Waals surface area contributed by atoms with E-state index in [4.69, 9.17) is 0 Å². The summed E-state index contributed by atoms with van der Waals surface area (Å²) >= 11 is 0. The lowest BCUT2D eigenvalue weighted by Gasteiger charge is -2.26. The van der Waals surface area contributed by atoms with Gasteiger partial charge in [0.2, 0.25) is 5.91 Å². The van der Waals surface area contributed by atoms with E-state index >= 15 is 0 Å². The largest absolute Gasteiger partial charge is 0.453 e. The summed E-state index contributed by atoms with van der Waals surface area (Å²) in [4.78, 5) is 21.8. The summed E-state index contributed by atoms with van der Waals surface area (Å²) < 4.78 is 39.5. The number of halogens is 3. The predicted octanol–water partition coefficient (Wildman–Crippen LogP) is 2.71. The minimum Gasteiger partial charge on any atom is -0.343 e. The summed E-state index contributed by atoms with van der Waals surface area (Å²) in [6.45, 7) is 4.96. The molecule has 9 heteroatoms. The van der Waals surface area contributed by atoms with E-state index in [-0.39, 0.29) is 11.7 Å². The summed E-state index contributed by atoms with van der Waals surface area (Å²) in [6.07, 6.45) is -0.672. The van der Waals surface area contributed by atoms with Crippen LogP contribution in [0.4, 0.5) is 13.2 Å². The Balaban J connectivity index is 1.82. The van der Waals surface area contributed by atoms with Gasteiger partial charge < -0.3 is 4.90 Å². The van der Waals surface area contributed by atoms with Crippen molar-refractivity contribution in [2.75, 3.05) is 13.1 Å². The van der Waals surface area contributed by atoms with Crippen molar-refractivity contribution >= 4 is 11.7 Å². The second kappa shape index (κ2) is 6.61. The van der Waals surface area contributed by atoms with Crippen LogP contribution in [0, 0.1) is 13.8 Å². The average molecular weight is 355 g/mol. The Bertz CT molecular complexity index is 793. The monoisotopic (exact) mass is 355 g/mol. The van der Waals surface area contributed by atoms with Crippen molar-refractivity contribution in [3.05, 3.63) is 22.8 Å². The Morgan fingerprint density at radius 1 is 1.12 bits per heavy atom. The van der Waals surface area contributed by atoms with Crippen LogP contribution in [0.3, 0.4) is 0 Å². The number of alkyl halides is 3. The summed E-state index contributed by atoms with van der Waals surface area (Å²) in [7, 11) is 0. The second-order valence-corrected chi connectivity index (χ2v) is 6.35. The molecule has 0 spiro atoms. The van der Waals surface area contributed by atoms with E-state index in [0.29, 0.717) is 24.2 Å². The first-order valence-corrected chi connectivity index (χ1v) is 8.35. The van der Waals surface area contributed by atoms with Crippen molar-refractivity contribution in [1.82, 2.24) is 24.5 Å². The van der Waals surface area contributed by atoms with E-state index in [9.17, 15) is 18.0 Å². The Morgan fingerprint density at radius 3 is 2.44 bits per heavy atom. The van der Waals surface area contributed by atoms with Gasteiger partial charge >= 0.3 is 6.18 Å². The molecule has 3 rings (SSSR count). The van der Waals surface area contributed by atoms with E-state index in [1.807, 2.05) is 4.90 Å². The molecule has 0 aromatic carbocycles. The van der Waals surface area contributed by atoms with E-state index in [0.717, 1.165) is 42.4 Å². The first-order chi connectivity index (χ1) is 11.8. The van der Waals surface area contributed by atoms with Crippen molar-refractivity contribution in [3.63, 3.8) is 0 Å². The van der Waals surface area contributed by atoms with E-state index in [1.54, 1.807) is 13.8 Å². The number of carbonyl (C=O) groups is 1. The van der Waals surface area contributed by atoms with Crippen LogP contribution in [0.15, 0.2) is 0 Å². The summed E-state index contributed by atoms with van der Waals surface area (Å²) in [5, 5.41) is 3.52. The van der Waals surface area contributed by atoms with Crippen molar-refractivity contribution in [2.24, 2.45) is 0 Å². The summed E-state index contributed by atoms with van der Waals surface area (Å²) in [5.74, 6) is -1.20. The van der Waals surface area contributed by atoms with Gasteiger partial charge in [-0.2, -0.15) is 18.2 Å². The number of hydrogen-bond donors (Lipinski definition) is 0. The number of amides is 1. The van der Waals surface area contributed by atoms with Crippen LogP contribution in [0.25, 0.3) is 5.78 Å². The van der Waals surface area contributed by atoms with Gasteiger partial charge in [-0.1, -0.05) is 0 Å². The Labute approximate surface area is 143 Å². The van der Waals surface area contributed by atoms with Crippen LogP contribution in [-0.2, 0) is 17.4 Å². The Hall–Kier alpha value is -2.19. The molecule has 0 atom stereocenters. The normalized spacial score (nSPS) is 15.8. The fraction of sp³-hybridized carbons (Fsp3) is 0.625. The smallest absolute Gasteiger partial charge is 0.343 e. The van der Waals surface area contributed by atoms with Crippen LogP contribution in [0.2, 0.25) is 0 Å². The van der Waals surface area contributed by atoms with Crippen LogP contribution in [-0.4, -0.2) is 43.5 Å². The van der Waals surface area contributed by atoms with E-state index in [1.165, 1.54) is 0 Å². The first kappa shape index (κ1) is 17.6. The predicted molar refractivity (Wildman–Crippen MR) is 84.0 cm³/mol. The highest BCUT2D eigenvalue weighted by Gasteiger charge is 2.37. The third kappa shape index (κ3) is 3.59. The maximum absolute atomic E-state index is 12.8. The maximum atomic E-state index is 12.8. The lowest BCUT2D eigenvalue weighted by molar-refractivity contribution is -0.144. The molecular formula is C16H20F3N5O. The number of fused-ring (bicyclic) bond motifs is 1. The third-order valence-electron chi connectivity index (χ3n) is 4.60. The number of carbonyl (C=O) groups excluding carboxylic acids is 1. The van der Waals surface area contributed by atoms with Gasteiger partial charge in [0.25, 0.3) is 11.6 Å². The average Bonchev–Trinajstić information content (AvgIpc) is 2.99. The van der Waals surface area contributed by atoms with E-state index in [2.05, 4.69) is 15.1 Å². The highest BCUT2D eigenvalue weighted by atomic mass is 19.4. The molecule has 1 aliphatic rings. The standard InChI is InChI=1S/C16H20F3N5O/c1-10-12(6-7-13(25)23-8-4-3-5-9-23)11(2)24-15(20-10)21-14(22-24)16(17,18)19/h3-9H2,1-2H3. The molecule has 0 saturated carbocycles. The van der Waals surface area contributed by atoms with Crippen LogP contribution in [0.1, 0.15) is 48.5 Å². The molecule has 0 radical (unpaired) electrons. The van der Waals surface area contributed by atoms with Crippen LogP contribution < -0.4 is 0 Å². The van der Waals surface area contributed by atoms with Crippen LogP contribution >= 0.6 is 0 Å². The molecule has 1 amide bonds. The number of aromatic nitrogens is 4. The van der Waals surface area contributed by atoms with Crippen molar-refractivity contribution in [3.8, 4) is 0 Å². The SMILES string of the molecule is Cc1nc2nc(C(F)(F)F)nn2c(C)c1CCC(=O)N1CCCCC1. The van der Waals surface area contributed by atoms with Crippen molar-refractivity contribution in [1.29, 1.82) is 0 Å². The number of likely N-dealkylation sites (tertiary alicyclic amines) is 1. The highest BCUT2D eigenvalue weighted by molar-refractivity contribution is 5.76. The minimum atomic E-state index is -4.61. The zero-order chi connectivity index (χ0) is 18.2. The van der Waals surface area contributed by atoms with Gasteiger partial charge in [-0.25, -0.2) is 9.50 Å². The molecule has 0 N–H and O–H groups in total. The molecule has 1 fully saturated rings. The molecule has 2 aromatic heterocycles. The topological polar surface area (TPSA) is 63.4 Å². The van der Waals surface area contributed by atoms with Gasteiger partial charge in [-0.15, -0.1) is 5.10 Å². The molecule has 0 bridgehead atoms. The third-order valence-corrected chi connectivity index (χ3v) is 4.60. The number of piperidine rings is 1. The van der Waals surface area contributed by atoms with E-state index < -0.39 is 12.0 Å². The van der Waals surface area contributed by atoms with Gasteiger partial charge in [0.15, 0.2) is 0 Å². The zero-order valence-electron chi connectivity index (χ0n) is 14.2. The van der Waals surface area contributed by atoms with Crippen molar-refractivity contribution < 1.29 is 18.0 Å². The molecular weight excluding hydrogens is 335 g/mol. The highest BCUT2D eigenvalue weighted by Crippen LogP contribution is 2.27. The van der Waals surface area contributed by atoms with Gasteiger partial charge in [-0.05, 0) is 45.1 Å². The number of hydrogen-bond acceptors (Lipinski definition) is 4. The maximum Gasteiger partial charge on any atom is 0.453 e. The van der Waals surface area contributed by atoms with Gasteiger partial charge in [0.1, 0.15) is 0 Å². The number of rotatable bonds is 3. The number of aryl methyl sites for hydroxylation is 2. The summed E-state index contributed by atoms with van der Waals surface area (Å²) in [6, 6.07) is 0. The molecule has 25 heavy (non-hydrogen) atoms. The van der Waals surface area contributed by atoms with Gasteiger partial charge in [0.05, 0.1) is 0 Å². The van der Waals surface area contributed by atoms with Gasteiger partial charge in [0, 0.05) is 30.9 Å². The molecule has 2 aromatic rings. The molecule has 1 saturated heterocycles. The Morgan fingerprint density at radius 2 is 1.80 bits per heavy atom. The molecule has 6 nitrogen and oxygen atoms in total. The van der Waals surface area contributed by atoms with Crippen LogP contribution in [0.5, 0.6) is 0 Å². The molecule has 136 valence electrons. The minimum absolute atomic E-state index is 0.0755. The molecule has 1 aliphatic heterocycles. The number of nitrogens with zero attached hydrogens (tertiary/aromatic N) is 5. The molecule has 0 unspecified atom stereocenters. The zero-order valence-corrected chi connectivity index (χ0v) is 14.2. The fourth-order valence-electron chi connectivity index (χ4n) is 3.22. The van der Waals surface area contributed by atoms with Gasteiger partial charge in [-0.3, -0.25) is 4.79 Å². The summed E-state index contributed by atoms with van der Waals surface area (Å²) in [5.41, 5.74) is 1.87. The second-order valence-electron chi connectivity index (χ2n) is 6.35. The Kier molecular flexibility index (Phi) is 4.66.